The maximum atomic E-state index is 12.8. The lowest BCUT2D eigenvalue weighted by Crippen LogP contribution is -2.25. The van der Waals surface area contributed by atoms with Gasteiger partial charge in [0, 0.05) is 25.8 Å². The monoisotopic (exact) mass is 279 g/mol. The number of halogens is 1. The van der Waals surface area contributed by atoms with E-state index in [0.717, 1.165) is 0 Å². The molecular weight excluding hydrogens is 265 g/mol. The average molecular weight is 279 g/mol. The lowest BCUT2D eigenvalue weighted by Gasteiger charge is -2.00. The van der Waals surface area contributed by atoms with E-state index in [9.17, 15) is 9.18 Å². The van der Waals surface area contributed by atoms with Crippen molar-refractivity contribution in [3.05, 3.63) is 36.0 Å². The molecule has 1 aromatic heterocycles. The molecule has 1 aromatic carbocycles. The predicted molar refractivity (Wildman–Crippen MR) is 68.5 cm³/mol. The van der Waals surface area contributed by atoms with Crippen molar-refractivity contribution in [2.24, 2.45) is 0 Å². The molecule has 1 amide bonds. The van der Waals surface area contributed by atoms with E-state index in [4.69, 9.17) is 9.15 Å². The second-order valence-electron chi connectivity index (χ2n) is 4.02. The van der Waals surface area contributed by atoms with Crippen molar-refractivity contribution >= 4 is 5.91 Å². The molecule has 0 radical (unpaired) electrons. The number of carbonyl (C=O) groups is 1. The summed E-state index contributed by atoms with van der Waals surface area (Å²) in [6, 6.07) is 5.57. The first-order valence-corrected chi connectivity index (χ1v) is 6.07. The smallest absolute Gasteiger partial charge is 0.308 e. The van der Waals surface area contributed by atoms with Crippen LogP contribution in [-0.2, 0) is 4.74 Å². The van der Waals surface area contributed by atoms with Gasteiger partial charge in [-0.1, -0.05) is 0 Å². The highest BCUT2D eigenvalue weighted by atomic mass is 19.1. The van der Waals surface area contributed by atoms with Gasteiger partial charge >= 0.3 is 11.8 Å². The van der Waals surface area contributed by atoms with Crippen LogP contribution < -0.4 is 5.32 Å². The van der Waals surface area contributed by atoms with Gasteiger partial charge < -0.3 is 14.5 Å². The van der Waals surface area contributed by atoms with Crippen LogP contribution in [0.1, 0.15) is 17.1 Å². The summed E-state index contributed by atoms with van der Waals surface area (Å²) in [6.45, 7) is 1.02. The van der Waals surface area contributed by atoms with Crippen molar-refractivity contribution in [3.8, 4) is 11.5 Å². The zero-order valence-electron chi connectivity index (χ0n) is 10.9. The summed E-state index contributed by atoms with van der Waals surface area (Å²) in [5.74, 6) is -0.750. The van der Waals surface area contributed by atoms with E-state index in [1.54, 1.807) is 7.11 Å². The van der Waals surface area contributed by atoms with E-state index in [1.165, 1.54) is 24.3 Å². The lowest BCUT2D eigenvalue weighted by molar-refractivity contribution is 0.0914. The summed E-state index contributed by atoms with van der Waals surface area (Å²) in [7, 11) is 1.59. The van der Waals surface area contributed by atoms with E-state index in [0.29, 0.717) is 25.1 Å². The van der Waals surface area contributed by atoms with Crippen molar-refractivity contribution in [1.29, 1.82) is 0 Å². The Morgan fingerprint density at radius 1 is 1.35 bits per heavy atom. The zero-order valence-corrected chi connectivity index (χ0v) is 10.9. The standard InChI is InChI=1S/C13H14FN3O3/c1-19-8-2-7-15-11(18)13-17-16-12(20-13)9-3-5-10(14)6-4-9/h3-6H,2,7-8H2,1H3,(H,15,18). The predicted octanol–water partition coefficient (Wildman–Crippen LogP) is 1.64. The first-order chi connectivity index (χ1) is 9.70. The van der Waals surface area contributed by atoms with Gasteiger partial charge in [0.25, 0.3) is 0 Å². The van der Waals surface area contributed by atoms with Crippen LogP contribution in [0.15, 0.2) is 28.7 Å². The fourth-order valence-electron chi connectivity index (χ4n) is 1.52. The molecule has 0 saturated heterocycles. The topological polar surface area (TPSA) is 77.2 Å². The molecule has 0 aliphatic rings. The fourth-order valence-corrected chi connectivity index (χ4v) is 1.52. The average Bonchev–Trinajstić information content (AvgIpc) is 2.94. The van der Waals surface area contributed by atoms with E-state index < -0.39 is 5.91 Å². The third kappa shape index (κ3) is 3.61. The van der Waals surface area contributed by atoms with Crippen molar-refractivity contribution in [1.82, 2.24) is 15.5 Å². The number of hydrogen-bond acceptors (Lipinski definition) is 5. The van der Waals surface area contributed by atoms with Gasteiger partial charge in [-0.15, -0.1) is 10.2 Å². The molecule has 2 rings (SSSR count). The third-order valence-electron chi connectivity index (χ3n) is 2.52. The number of methoxy groups -OCH3 is 1. The zero-order chi connectivity index (χ0) is 14.4. The van der Waals surface area contributed by atoms with Gasteiger partial charge in [0.15, 0.2) is 0 Å². The Morgan fingerprint density at radius 2 is 2.10 bits per heavy atom. The van der Waals surface area contributed by atoms with E-state index in [-0.39, 0.29) is 17.6 Å². The molecule has 0 spiro atoms. The Kier molecular flexibility index (Phi) is 4.78. The van der Waals surface area contributed by atoms with Gasteiger partial charge in [-0.05, 0) is 30.7 Å². The second-order valence-corrected chi connectivity index (χ2v) is 4.02. The normalized spacial score (nSPS) is 10.5. The molecule has 106 valence electrons. The van der Waals surface area contributed by atoms with Gasteiger partial charge in [-0.25, -0.2) is 4.39 Å². The molecule has 1 heterocycles. The van der Waals surface area contributed by atoms with Crippen LogP contribution in [-0.4, -0.2) is 36.4 Å². The Labute approximate surface area is 115 Å². The maximum Gasteiger partial charge on any atom is 0.308 e. The molecule has 0 saturated carbocycles. The van der Waals surface area contributed by atoms with Crippen LogP contribution >= 0.6 is 0 Å². The maximum absolute atomic E-state index is 12.8. The van der Waals surface area contributed by atoms with Gasteiger partial charge in [-0.2, -0.15) is 0 Å². The quantitative estimate of drug-likeness (QED) is 0.813. The van der Waals surface area contributed by atoms with Crippen molar-refractivity contribution in [3.63, 3.8) is 0 Å². The summed E-state index contributed by atoms with van der Waals surface area (Å²) in [5.41, 5.74) is 0.553. The molecule has 7 heteroatoms. The molecule has 0 unspecified atom stereocenters. The minimum atomic E-state index is -0.443. The molecule has 20 heavy (non-hydrogen) atoms. The highest BCUT2D eigenvalue weighted by molar-refractivity contribution is 5.89. The summed E-state index contributed by atoms with van der Waals surface area (Å²) in [5, 5.41) is 10.0. The molecular formula is C13H14FN3O3. The lowest BCUT2D eigenvalue weighted by atomic mass is 10.2. The minimum absolute atomic E-state index is 0.123. The van der Waals surface area contributed by atoms with Crippen LogP contribution in [0.2, 0.25) is 0 Å². The van der Waals surface area contributed by atoms with E-state index >= 15 is 0 Å². The van der Waals surface area contributed by atoms with Crippen LogP contribution in [0, 0.1) is 5.82 Å². The number of aromatic nitrogens is 2. The number of ether oxygens (including phenoxy) is 1. The minimum Gasteiger partial charge on any atom is -0.412 e. The molecule has 2 aromatic rings. The first-order valence-electron chi connectivity index (χ1n) is 6.07. The van der Waals surface area contributed by atoms with Gasteiger partial charge in [0.2, 0.25) is 5.89 Å². The highest BCUT2D eigenvalue weighted by Gasteiger charge is 2.15. The number of rotatable bonds is 6. The number of carbonyl (C=O) groups excluding carboxylic acids is 1. The SMILES string of the molecule is COCCCNC(=O)c1nnc(-c2ccc(F)cc2)o1. The van der Waals surface area contributed by atoms with Crippen LogP contribution in [0.25, 0.3) is 11.5 Å². The van der Waals surface area contributed by atoms with Crippen molar-refractivity contribution < 1.29 is 18.3 Å². The van der Waals surface area contributed by atoms with Gasteiger partial charge in [0.1, 0.15) is 5.82 Å². The van der Waals surface area contributed by atoms with Crippen LogP contribution in [0.5, 0.6) is 0 Å². The second kappa shape index (κ2) is 6.76. The van der Waals surface area contributed by atoms with E-state index in [2.05, 4.69) is 15.5 Å². The first kappa shape index (κ1) is 14.1. The largest absolute Gasteiger partial charge is 0.412 e. The molecule has 0 aliphatic heterocycles. The number of benzene rings is 1. The van der Waals surface area contributed by atoms with Gasteiger partial charge in [-0.3, -0.25) is 4.79 Å². The van der Waals surface area contributed by atoms with Crippen LogP contribution in [0.3, 0.4) is 0 Å². The highest BCUT2D eigenvalue weighted by Crippen LogP contribution is 2.17. The Morgan fingerprint density at radius 3 is 2.80 bits per heavy atom. The number of hydrogen-bond donors (Lipinski definition) is 1. The Balaban J connectivity index is 1.98. The molecule has 0 atom stereocenters. The van der Waals surface area contributed by atoms with E-state index in [1.807, 2.05) is 0 Å². The fraction of sp³-hybridized carbons (Fsp3) is 0.308. The molecule has 0 bridgehead atoms. The Bertz CT molecular complexity index is 568. The van der Waals surface area contributed by atoms with Crippen molar-refractivity contribution in [2.45, 2.75) is 6.42 Å². The molecule has 0 fully saturated rings. The van der Waals surface area contributed by atoms with Gasteiger partial charge in [0.05, 0.1) is 0 Å². The number of nitrogens with one attached hydrogen (secondary N) is 1. The number of nitrogens with zero attached hydrogens (tertiary/aromatic N) is 2. The summed E-state index contributed by atoms with van der Waals surface area (Å²) in [4.78, 5) is 11.7. The molecule has 0 aliphatic carbocycles. The summed E-state index contributed by atoms with van der Waals surface area (Å²) in [6.07, 6.45) is 0.696. The summed E-state index contributed by atoms with van der Waals surface area (Å²) >= 11 is 0. The van der Waals surface area contributed by atoms with Crippen LogP contribution in [0.4, 0.5) is 4.39 Å². The van der Waals surface area contributed by atoms with Crippen molar-refractivity contribution in [2.75, 3.05) is 20.3 Å². The summed E-state index contributed by atoms with van der Waals surface area (Å²) < 4.78 is 22.9. The molecule has 6 nitrogen and oxygen atoms in total. The third-order valence-corrected chi connectivity index (χ3v) is 2.52. The molecule has 1 N–H and O–H groups in total. The number of amides is 1. The Hall–Kier alpha value is -2.28.